The Kier molecular flexibility index (Phi) is 14.3. The molecule has 0 bridgehead atoms. The van der Waals surface area contributed by atoms with Gasteiger partial charge >= 0.3 is 5.97 Å². The van der Waals surface area contributed by atoms with Crippen molar-refractivity contribution in [3.8, 4) is 0 Å². The van der Waals surface area contributed by atoms with Crippen molar-refractivity contribution in [2.24, 2.45) is 50.2 Å². The number of hydrogen-bond donors (Lipinski definition) is 13. The van der Waals surface area contributed by atoms with Crippen LogP contribution in [-0.2, 0) is 33.2 Å². The molecule has 4 saturated carbocycles. The van der Waals surface area contributed by atoms with Crippen LogP contribution in [0.25, 0.3) is 0 Å². The maximum absolute atomic E-state index is 15.0. The summed E-state index contributed by atoms with van der Waals surface area (Å²) >= 11 is 0. The number of esters is 1. The molecule has 13 N–H and O–H groups in total. The molecule has 0 spiro atoms. The summed E-state index contributed by atoms with van der Waals surface area (Å²) < 4.78 is 34.6. The highest BCUT2D eigenvalue weighted by atomic mass is 16.8. The van der Waals surface area contributed by atoms with E-state index >= 15 is 0 Å². The Morgan fingerprint density at radius 3 is 1.96 bits per heavy atom. The van der Waals surface area contributed by atoms with E-state index < -0.39 is 169 Å². The molecule has 26 atom stereocenters. The van der Waals surface area contributed by atoms with Gasteiger partial charge in [-0.25, -0.2) is 0 Å². The second kappa shape index (κ2) is 18.5. The molecule has 20 heteroatoms. The van der Waals surface area contributed by atoms with Crippen LogP contribution in [0.1, 0.15) is 99.8 Å². The fraction of sp³-hybridized carbons (Fsp3) is 0.938. The van der Waals surface area contributed by atoms with Crippen molar-refractivity contribution in [2.75, 3.05) is 19.8 Å². The minimum absolute atomic E-state index is 0.0494. The molecule has 0 aromatic rings. The van der Waals surface area contributed by atoms with Crippen LogP contribution < -0.4 is 0 Å². The SMILES string of the molecule is C[C@@H]1O[C@@H](O[C@H]2[C@H](O)[C@@H](O)[C@H](OC[C@H]3O[C@@H](OC(=O)[C@]45CCC(C)(C)C[C@H]4C4=CC[C@@H]6[C@@]7(C)C[C@@H](O)[C@H](O)[C@@](C)(CO)[C@H]7[C@H](O)C[C@@]6(C)[C@]4(C)CC5)[C@H](O)[C@@H](O)[C@@H]3O)O[C@@H]2CO)[C@H](O)[C@H](O)[C@H]1O. The van der Waals surface area contributed by atoms with Crippen molar-refractivity contribution in [3.05, 3.63) is 11.6 Å². The van der Waals surface area contributed by atoms with Crippen LogP contribution in [0, 0.1) is 50.2 Å². The van der Waals surface area contributed by atoms with E-state index in [1.165, 1.54) is 6.92 Å². The Bertz CT molecular complexity index is 1870. The lowest BCUT2D eigenvalue weighted by molar-refractivity contribution is -0.361. The topological polar surface area (TPSA) is 335 Å². The van der Waals surface area contributed by atoms with Crippen molar-refractivity contribution >= 4 is 5.97 Å². The van der Waals surface area contributed by atoms with Gasteiger partial charge in [0.1, 0.15) is 67.1 Å². The van der Waals surface area contributed by atoms with Crippen molar-refractivity contribution in [1.29, 1.82) is 0 Å². The van der Waals surface area contributed by atoms with Gasteiger partial charge in [-0.05, 0) is 91.8 Å². The lowest BCUT2D eigenvalue weighted by Gasteiger charge is -2.72. The Balaban J connectivity index is 0.991. The Morgan fingerprint density at radius 1 is 0.676 bits per heavy atom. The van der Waals surface area contributed by atoms with Gasteiger partial charge in [0.15, 0.2) is 12.6 Å². The molecule has 390 valence electrons. The zero-order valence-corrected chi connectivity index (χ0v) is 40.2. The molecule has 8 rings (SSSR count). The highest BCUT2D eigenvalue weighted by Gasteiger charge is 2.73. The van der Waals surface area contributed by atoms with E-state index in [4.69, 9.17) is 28.4 Å². The van der Waals surface area contributed by atoms with Crippen LogP contribution in [0.3, 0.4) is 0 Å². The predicted octanol–water partition coefficient (Wildman–Crippen LogP) is -1.92. The first kappa shape index (κ1) is 52.8. The van der Waals surface area contributed by atoms with Crippen LogP contribution in [0.4, 0.5) is 0 Å². The highest BCUT2D eigenvalue weighted by Crippen LogP contribution is 2.76. The Labute approximate surface area is 396 Å². The first-order valence-corrected chi connectivity index (χ1v) is 24.5. The Morgan fingerprint density at radius 2 is 1.29 bits per heavy atom. The third kappa shape index (κ3) is 8.07. The van der Waals surface area contributed by atoms with Gasteiger partial charge in [-0.15, -0.1) is 0 Å². The quantitative estimate of drug-likeness (QED) is 0.0885. The smallest absolute Gasteiger partial charge is 0.315 e. The van der Waals surface area contributed by atoms with E-state index in [1.54, 1.807) is 6.92 Å². The van der Waals surface area contributed by atoms with Crippen molar-refractivity contribution in [2.45, 2.75) is 210 Å². The van der Waals surface area contributed by atoms with Gasteiger partial charge in [0, 0.05) is 11.3 Å². The number of hydrogen-bond acceptors (Lipinski definition) is 20. The number of aliphatic hydroxyl groups is 13. The molecule has 0 aromatic carbocycles. The van der Waals surface area contributed by atoms with E-state index in [9.17, 15) is 71.2 Å². The van der Waals surface area contributed by atoms with Crippen molar-refractivity contribution in [1.82, 2.24) is 0 Å². The molecule has 8 aliphatic rings. The minimum Gasteiger partial charge on any atom is -0.432 e. The lowest BCUT2D eigenvalue weighted by atomic mass is 9.33. The van der Waals surface area contributed by atoms with Crippen molar-refractivity contribution < 1.29 is 99.6 Å². The molecule has 0 unspecified atom stereocenters. The zero-order chi connectivity index (χ0) is 50.0. The third-order valence-corrected chi connectivity index (χ3v) is 19.3. The van der Waals surface area contributed by atoms with Crippen LogP contribution in [0.5, 0.6) is 0 Å². The number of ether oxygens (including phenoxy) is 6. The van der Waals surface area contributed by atoms with Gasteiger partial charge in [-0.1, -0.05) is 53.2 Å². The van der Waals surface area contributed by atoms with Crippen LogP contribution >= 0.6 is 0 Å². The van der Waals surface area contributed by atoms with Gasteiger partial charge in [-0.3, -0.25) is 4.79 Å². The molecule has 0 amide bonds. The molecule has 3 saturated heterocycles. The average molecular weight is 975 g/mol. The maximum atomic E-state index is 15.0. The summed E-state index contributed by atoms with van der Waals surface area (Å²) in [4.78, 5) is 15.0. The number of rotatable bonds is 9. The molecule has 7 fully saturated rings. The fourth-order valence-electron chi connectivity index (χ4n) is 15.1. The van der Waals surface area contributed by atoms with Gasteiger partial charge < -0.3 is 94.8 Å². The fourth-order valence-corrected chi connectivity index (χ4v) is 15.1. The number of carbonyl (C=O) groups is 1. The molecule has 0 radical (unpaired) electrons. The van der Waals surface area contributed by atoms with Crippen molar-refractivity contribution in [3.63, 3.8) is 0 Å². The highest BCUT2D eigenvalue weighted by molar-refractivity contribution is 5.79. The van der Waals surface area contributed by atoms with Crippen LogP contribution in [0.2, 0.25) is 0 Å². The summed E-state index contributed by atoms with van der Waals surface area (Å²) in [5.74, 6) is -1.51. The monoisotopic (exact) mass is 975 g/mol. The van der Waals surface area contributed by atoms with Gasteiger partial charge in [0.25, 0.3) is 0 Å². The average Bonchev–Trinajstić information content (AvgIpc) is 3.28. The standard InChI is InChI=1S/C48H78O20/c1-20-28(53)30(55)33(58)40(64-20)67-36-25(17-49)65-39(35(60)32(36)57)63-18-26-29(54)31(56)34(59)41(66-26)68-42(62)48-12-10-43(2,3)14-22(48)21-8-9-27-44(4)15-24(52)38(61)45(5,19-50)37(44)23(51)16-47(27,7)46(21,6)11-13-48/h8,20,22-41,49-61H,9-19H2,1-7H3/t20-,22-,23+,24+,25+,26+,27+,28-,29+,30+,31-,32+,33+,34+,35+,36+,37-,38-,39+,40-,41-,44+,45-,46+,47+,48-/m0/s1. The van der Waals surface area contributed by atoms with Gasteiger partial charge in [-0.2, -0.15) is 0 Å². The zero-order valence-electron chi connectivity index (χ0n) is 40.2. The van der Waals surface area contributed by atoms with E-state index in [0.29, 0.717) is 44.9 Å². The molecule has 20 nitrogen and oxygen atoms in total. The molecular weight excluding hydrogens is 897 g/mol. The van der Waals surface area contributed by atoms with Gasteiger partial charge in [0.2, 0.25) is 6.29 Å². The number of fused-ring (bicyclic) bond motifs is 7. The first-order valence-electron chi connectivity index (χ1n) is 24.5. The summed E-state index contributed by atoms with van der Waals surface area (Å²) in [7, 11) is 0. The maximum Gasteiger partial charge on any atom is 0.315 e. The van der Waals surface area contributed by atoms with E-state index in [1.807, 2.05) is 0 Å². The number of aliphatic hydroxyl groups excluding tert-OH is 13. The largest absolute Gasteiger partial charge is 0.432 e. The van der Waals surface area contributed by atoms with Crippen LogP contribution in [0.15, 0.2) is 11.6 Å². The summed E-state index contributed by atoms with van der Waals surface area (Å²) in [6.45, 7) is 12.1. The molecule has 5 aliphatic carbocycles. The normalized spacial score (nSPS) is 55.7. The van der Waals surface area contributed by atoms with E-state index in [0.717, 1.165) is 5.57 Å². The predicted molar refractivity (Wildman–Crippen MR) is 233 cm³/mol. The van der Waals surface area contributed by atoms with E-state index in [-0.39, 0.29) is 23.7 Å². The second-order valence-corrected chi connectivity index (χ2v) is 23.7. The second-order valence-electron chi connectivity index (χ2n) is 23.7. The van der Waals surface area contributed by atoms with Crippen LogP contribution in [-0.4, -0.2) is 203 Å². The van der Waals surface area contributed by atoms with Gasteiger partial charge in [0.05, 0.1) is 49.7 Å². The Hall–Kier alpha value is -1.51. The summed E-state index contributed by atoms with van der Waals surface area (Å²) in [6, 6.07) is 0. The van der Waals surface area contributed by atoms with E-state index in [2.05, 4.69) is 40.7 Å². The third-order valence-electron chi connectivity index (χ3n) is 19.3. The number of allylic oxidation sites excluding steroid dienone is 2. The molecule has 3 aliphatic heterocycles. The first-order chi connectivity index (χ1) is 31.7. The molecular formula is C48H78O20. The summed E-state index contributed by atoms with van der Waals surface area (Å²) in [5, 5.41) is 142. The molecule has 68 heavy (non-hydrogen) atoms. The number of carbonyl (C=O) groups excluding carboxylic acids is 1. The lowest BCUT2D eigenvalue weighted by Crippen LogP contribution is -2.71. The summed E-state index contributed by atoms with van der Waals surface area (Å²) in [6.07, 6.45) is -21.7. The summed E-state index contributed by atoms with van der Waals surface area (Å²) in [5.41, 5.74) is -3.01. The molecule has 0 aromatic heterocycles. The molecule has 3 heterocycles. The minimum atomic E-state index is -1.89.